The molecule has 18 heavy (non-hydrogen) atoms. The van der Waals surface area contributed by atoms with Crippen LogP contribution in [0.5, 0.6) is 0 Å². The molecule has 4 heteroatoms. The molecule has 1 atom stereocenters. The average molecular weight is 254 g/mol. The smallest absolute Gasteiger partial charge is 0.352 e. The quantitative estimate of drug-likeness (QED) is 0.565. The van der Waals surface area contributed by atoms with Crippen LogP contribution in [-0.4, -0.2) is 29.9 Å². The monoisotopic (exact) mass is 254 g/mol. The lowest BCUT2D eigenvalue weighted by Crippen LogP contribution is -2.36. The Kier molecular flexibility index (Phi) is 4.54. The number of hydrogen-bond acceptors (Lipinski definition) is 4. The average Bonchev–Trinajstić information content (AvgIpc) is 2.92. The first-order chi connectivity index (χ1) is 8.11. The van der Waals surface area contributed by atoms with Crippen molar-refractivity contribution in [2.24, 2.45) is 5.41 Å². The second-order valence-corrected chi connectivity index (χ2v) is 6.78. The minimum absolute atomic E-state index is 0.0471. The summed E-state index contributed by atoms with van der Waals surface area (Å²) in [7, 11) is 0. The van der Waals surface area contributed by atoms with E-state index in [2.05, 4.69) is 12.2 Å². The van der Waals surface area contributed by atoms with E-state index < -0.39 is 11.6 Å². The lowest BCUT2D eigenvalue weighted by molar-refractivity contribution is -0.146. The van der Waals surface area contributed by atoms with Crippen molar-refractivity contribution in [3.8, 4) is 0 Å². The molecule has 1 fully saturated rings. The Balaban J connectivity index is 2.27. The molecule has 1 aliphatic rings. The van der Waals surface area contributed by atoms with Gasteiger partial charge >= 0.3 is 5.97 Å². The first-order valence-electron chi connectivity index (χ1n) is 6.65. The molecule has 0 amide bonds. The fourth-order valence-electron chi connectivity index (χ4n) is 1.61. The number of carbonyl (C=O) groups excluding carboxylic acids is 1. The molecule has 1 unspecified atom stereocenters. The second kappa shape index (κ2) is 5.39. The molecule has 0 heterocycles. The van der Waals surface area contributed by atoms with Crippen LogP contribution >= 0.6 is 0 Å². The lowest BCUT2D eigenvalue weighted by atomic mass is 10.1. The third-order valence-electron chi connectivity index (χ3n) is 3.14. The minimum Gasteiger partial charge on any atom is -0.456 e. The summed E-state index contributed by atoms with van der Waals surface area (Å²) in [4.78, 5) is 11.6. The van der Waals surface area contributed by atoms with Crippen molar-refractivity contribution in [3.63, 3.8) is 0 Å². The van der Waals surface area contributed by atoms with E-state index in [4.69, 9.17) is 10.1 Å². The number of hydrogen-bond donors (Lipinski definition) is 2. The Labute approximate surface area is 110 Å². The largest absolute Gasteiger partial charge is 0.456 e. The first-order valence-corrected chi connectivity index (χ1v) is 6.65. The van der Waals surface area contributed by atoms with Crippen LogP contribution < -0.4 is 5.32 Å². The number of esters is 1. The zero-order chi connectivity index (χ0) is 14.0. The molecule has 0 aromatic heterocycles. The predicted molar refractivity (Wildman–Crippen MR) is 73.0 cm³/mol. The van der Waals surface area contributed by atoms with Gasteiger partial charge in [-0.3, -0.25) is 5.41 Å². The van der Waals surface area contributed by atoms with Gasteiger partial charge in [0.25, 0.3) is 0 Å². The number of nitrogens with one attached hydrogen (secondary N) is 2. The van der Waals surface area contributed by atoms with Crippen LogP contribution in [0, 0.1) is 10.8 Å². The molecule has 0 aliphatic heterocycles. The van der Waals surface area contributed by atoms with E-state index in [0.717, 1.165) is 6.54 Å². The van der Waals surface area contributed by atoms with E-state index in [9.17, 15) is 4.79 Å². The fraction of sp³-hybridized carbons (Fsp3) is 0.857. The Hall–Kier alpha value is -0.900. The van der Waals surface area contributed by atoms with Gasteiger partial charge in [-0.2, -0.15) is 0 Å². The summed E-state index contributed by atoms with van der Waals surface area (Å²) in [6, 6.07) is 0.141. The Morgan fingerprint density at radius 1 is 1.44 bits per heavy atom. The van der Waals surface area contributed by atoms with Gasteiger partial charge in [0.15, 0.2) is 0 Å². The molecule has 1 rings (SSSR count). The van der Waals surface area contributed by atoms with Crippen molar-refractivity contribution in [2.75, 3.05) is 6.54 Å². The molecule has 0 spiro atoms. The summed E-state index contributed by atoms with van der Waals surface area (Å²) in [5.74, 6) is -0.506. The van der Waals surface area contributed by atoms with Crippen molar-refractivity contribution in [1.29, 1.82) is 5.41 Å². The third kappa shape index (κ3) is 5.63. The normalized spacial score (nSPS) is 19.2. The zero-order valence-corrected chi connectivity index (χ0v) is 12.2. The highest BCUT2D eigenvalue weighted by Gasteiger charge is 2.37. The van der Waals surface area contributed by atoms with Crippen molar-refractivity contribution < 1.29 is 9.53 Å². The molecule has 2 N–H and O–H groups in total. The number of ether oxygens (including phenoxy) is 1. The molecule has 0 bridgehead atoms. The topological polar surface area (TPSA) is 62.2 Å². The van der Waals surface area contributed by atoms with E-state index in [1.54, 1.807) is 0 Å². The lowest BCUT2D eigenvalue weighted by Gasteiger charge is -2.21. The van der Waals surface area contributed by atoms with Crippen molar-refractivity contribution in [3.05, 3.63) is 0 Å². The van der Waals surface area contributed by atoms with E-state index in [1.807, 2.05) is 27.7 Å². The van der Waals surface area contributed by atoms with Crippen LogP contribution in [0.25, 0.3) is 0 Å². The van der Waals surface area contributed by atoms with Gasteiger partial charge in [-0.15, -0.1) is 0 Å². The summed E-state index contributed by atoms with van der Waals surface area (Å²) in [6.07, 6.45) is 2.97. The van der Waals surface area contributed by atoms with Crippen LogP contribution in [-0.2, 0) is 9.53 Å². The van der Waals surface area contributed by atoms with Crippen LogP contribution in [0.3, 0.4) is 0 Å². The van der Waals surface area contributed by atoms with Gasteiger partial charge in [0.1, 0.15) is 11.3 Å². The third-order valence-corrected chi connectivity index (χ3v) is 3.14. The zero-order valence-electron chi connectivity index (χ0n) is 12.2. The van der Waals surface area contributed by atoms with Gasteiger partial charge in [0.2, 0.25) is 0 Å². The number of carbonyl (C=O) groups is 1. The van der Waals surface area contributed by atoms with Gasteiger partial charge in [-0.05, 0) is 46.0 Å². The first kappa shape index (κ1) is 15.2. The summed E-state index contributed by atoms with van der Waals surface area (Å²) < 4.78 is 5.17. The summed E-state index contributed by atoms with van der Waals surface area (Å²) >= 11 is 0. The maximum atomic E-state index is 11.6. The van der Waals surface area contributed by atoms with Crippen LogP contribution in [0.2, 0.25) is 0 Å². The highest BCUT2D eigenvalue weighted by atomic mass is 16.6. The molecular formula is C14H26N2O2. The molecular weight excluding hydrogens is 228 g/mol. The maximum absolute atomic E-state index is 11.6. The summed E-state index contributed by atoms with van der Waals surface area (Å²) in [6.45, 7) is 10.7. The predicted octanol–water partition coefficient (Wildman–Crippen LogP) is 2.52. The summed E-state index contributed by atoms with van der Waals surface area (Å²) in [5, 5.41) is 11.1. The van der Waals surface area contributed by atoms with E-state index in [0.29, 0.717) is 11.8 Å². The molecule has 104 valence electrons. The molecule has 0 saturated heterocycles. The maximum Gasteiger partial charge on any atom is 0.352 e. The van der Waals surface area contributed by atoms with Crippen molar-refractivity contribution >= 4 is 11.7 Å². The van der Waals surface area contributed by atoms with Crippen molar-refractivity contribution in [1.82, 2.24) is 5.32 Å². The van der Waals surface area contributed by atoms with Gasteiger partial charge in [0.05, 0.1) is 0 Å². The molecule has 0 aromatic carbocycles. The van der Waals surface area contributed by atoms with Gasteiger partial charge in [0, 0.05) is 19.0 Å². The van der Waals surface area contributed by atoms with Gasteiger partial charge in [-0.25, -0.2) is 4.79 Å². The standard InChI is InChI=1S/C14H26N2O2/c1-10(16-9-14(5)6-7-14)8-11(15)12(17)18-13(2,3)4/h10,15-16H,6-9H2,1-5H3. The highest BCUT2D eigenvalue weighted by Crippen LogP contribution is 2.44. The second-order valence-electron chi connectivity index (χ2n) is 6.78. The Bertz CT molecular complexity index is 327. The van der Waals surface area contributed by atoms with Crippen LogP contribution in [0.1, 0.15) is 53.9 Å². The van der Waals surface area contributed by atoms with Crippen LogP contribution in [0.15, 0.2) is 0 Å². The molecule has 1 saturated carbocycles. The number of rotatable bonds is 6. The van der Waals surface area contributed by atoms with E-state index in [1.165, 1.54) is 12.8 Å². The fourth-order valence-corrected chi connectivity index (χ4v) is 1.61. The van der Waals surface area contributed by atoms with Crippen molar-refractivity contribution in [2.45, 2.75) is 65.5 Å². The molecule has 0 radical (unpaired) electrons. The van der Waals surface area contributed by atoms with E-state index in [-0.39, 0.29) is 11.8 Å². The van der Waals surface area contributed by atoms with Gasteiger partial charge < -0.3 is 10.1 Å². The Morgan fingerprint density at radius 3 is 2.44 bits per heavy atom. The Morgan fingerprint density at radius 2 is 2.00 bits per heavy atom. The highest BCUT2D eigenvalue weighted by molar-refractivity contribution is 6.35. The van der Waals surface area contributed by atoms with Gasteiger partial charge in [-0.1, -0.05) is 6.92 Å². The van der Waals surface area contributed by atoms with E-state index >= 15 is 0 Å². The summed E-state index contributed by atoms with van der Waals surface area (Å²) in [5.41, 5.74) is -0.0323. The molecule has 0 aromatic rings. The minimum atomic E-state index is -0.526. The molecule has 4 nitrogen and oxygen atoms in total. The SMILES string of the molecule is CC(CC(=N)C(=O)OC(C)(C)C)NCC1(C)CC1. The molecule has 1 aliphatic carbocycles. The van der Waals surface area contributed by atoms with Crippen LogP contribution in [0.4, 0.5) is 0 Å².